The second-order valence-corrected chi connectivity index (χ2v) is 2.86. The minimum Gasteiger partial charge on any atom is -0.508 e. The number of nitrogen functional groups attached to an aromatic ring is 1. The van der Waals surface area contributed by atoms with Gasteiger partial charge in [-0.2, -0.15) is 4.98 Å². The molecule has 0 bridgehead atoms. The van der Waals surface area contributed by atoms with Gasteiger partial charge in [0.25, 0.3) is 0 Å². The zero-order valence-corrected chi connectivity index (χ0v) is 7.79. The van der Waals surface area contributed by atoms with Gasteiger partial charge in [0.2, 0.25) is 0 Å². The summed E-state index contributed by atoms with van der Waals surface area (Å²) in [5.74, 6) is 0.914. The highest BCUT2D eigenvalue weighted by atomic mass is 16.5. The van der Waals surface area contributed by atoms with Gasteiger partial charge >= 0.3 is 6.01 Å². The van der Waals surface area contributed by atoms with Gasteiger partial charge in [0.15, 0.2) is 0 Å². The number of phenols is 1. The van der Waals surface area contributed by atoms with Crippen LogP contribution in [0.25, 0.3) is 0 Å². The number of nitrogens with two attached hydrogens (primary N) is 1. The lowest BCUT2D eigenvalue weighted by molar-refractivity contribution is 0.432. The molecule has 5 nitrogen and oxygen atoms in total. The third-order valence-electron chi connectivity index (χ3n) is 1.68. The number of benzene rings is 1. The third-order valence-corrected chi connectivity index (χ3v) is 1.68. The smallest absolute Gasteiger partial charge is 0.323 e. The Hall–Kier alpha value is -2.30. The van der Waals surface area contributed by atoms with Gasteiger partial charge in [-0.05, 0) is 18.2 Å². The van der Waals surface area contributed by atoms with Crippen LogP contribution in [0.5, 0.6) is 17.5 Å². The second kappa shape index (κ2) is 3.83. The van der Waals surface area contributed by atoms with Gasteiger partial charge in [-0.3, -0.25) is 0 Å². The number of phenolic OH excluding ortho intramolecular Hbond substituents is 1. The lowest BCUT2D eigenvalue weighted by Gasteiger charge is -2.03. The van der Waals surface area contributed by atoms with Crippen molar-refractivity contribution in [3.8, 4) is 17.5 Å². The van der Waals surface area contributed by atoms with E-state index in [9.17, 15) is 5.11 Å². The van der Waals surface area contributed by atoms with Crippen LogP contribution in [0.4, 0.5) is 5.82 Å². The summed E-state index contributed by atoms with van der Waals surface area (Å²) in [5, 5.41) is 9.20. The second-order valence-electron chi connectivity index (χ2n) is 2.86. The average Bonchev–Trinajstić information content (AvgIpc) is 2.17. The number of aromatic nitrogens is 2. The Morgan fingerprint density at radius 3 is 2.87 bits per heavy atom. The third kappa shape index (κ3) is 2.34. The molecule has 5 heteroatoms. The molecule has 2 aromatic rings. The van der Waals surface area contributed by atoms with E-state index in [0.29, 0.717) is 11.6 Å². The molecule has 0 saturated carbocycles. The van der Waals surface area contributed by atoms with Gasteiger partial charge in [0.05, 0.1) is 0 Å². The Kier molecular flexibility index (Phi) is 2.37. The van der Waals surface area contributed by atoms with E-state index < -0.39 is 0 Å². The molecule has 0 aliphatic carbocycles. The molecular formula is C10H9N3O2. The standard InChI is InChI=1S/C10H9N3O2/c11-9-4-5-12-10(13-9)15-8-3-1-2-7(14)6-8/h1-6,14H,(H2,11,12,13). The van der Waals surface area contributed by atoms with Gasteiger partial charge in [-0.15, -0.1) is 0 Å². The minimum absolute atomic E-state index is 0.122. The van der Waals surface area contributed by atoms with E-state index in [2.05, 4.69) is 9.97 Å². The van der Waals surface area contributed by atoms with Crippen LogP contribution in [-0.2, 0) is 0 Å². The summed E-state index contributed by atoms with van der Waals surface area (Å²) in [6.07, 6.45) is 1.50. The van der Waals surface area contributed by atoms with Gasteiger partial charge in [-0.25, -0.2) is 4.98 Å². The van der Waals surface area contributed by atoms with Crippen LogP contribution in [0.2, 0.25) is 0 Å². The Bertz CT molecular complexity index is 430. The quantitative estimate of drug-likeness (QED) is 0.773. The summed E-state index contributed by atoms with van der Waals surface area (Å²) in [6, 6.07) is 8.08. The van der Waals surface area contributed by atoms with E-state index in [4.69, 9.17) is 10.5 Å². The molecular weight excluding hydrogens is 194 g/mol. The van der Waals surface area contributed by atoms with Crippen LogP contribution in [0.3, 0.4) is 0 Å². The predicted molar refractivity (Wildman–Crippen MR) is 54.6 cm³/mol. The van der Waals surface area contributed by atoms with Crippen LogP contribution in [0, 0.1) is 0 Å². The fourth-order valence-corrected chi connectivity index (χ4v) is 1.06. The molecule has 2 rings (SSSR count). The minimum atomic E-state index is 0.122. The molecule has 0 fully saturated rings. The number of hydrogen-bond acceptors (Lipinski definition) is 5. The van der Waals surface area contributed by atoms with Crippen molar-refractivity contribution in [3.63, 3.8) is 0 Å². The maximum absolute atomic E-state index is 9.20. The molecule has 0 saturated heterocycles. The van der Waals surface area contributed by atoms with Crippen LogP contribution < -0.4 is 10.5 Å². The molecule has 0 radical (unpaired) electrons. The zero-order chi connectivity index (χ0) is 10.7. The first-order chi connectivity index (χ1) is 7.24. The van der Waals surface area contributed by atoms with E-state index in [-0.39, 0.29) is 11.8 Å². The molecule has 15 heavy (non-hydrogen) atoms. The highest BCUT2D eigenvalue weighted by molar-refractivity contribution is 5.34. The first kappa shape index (κ1) is 9.26. The van der Waals surface area contributed by atoms with E-state index in [0.717, 1.165) is 0 Å². The van der Waals surface area contributed by atoms with E-state index >= 15 is 0 Å². The van der Waals surface area contributed by atoms with Gasteiger partial charge in [0.1, 0.15) is 17.3 Å². The highest BCUT2D eigenvalue weighted by Gasteiger charge is 2.00. The topological polar surface area (TPSA) is 81.3 Å². The van der Waals surface area contributed by atoms with Crippen molar-refractivity contribution in [2.75, 3.05) is 5.73 Å². The molecule has 1 aromatic carbocycles. The molecule has 0 amide bonds. The van der Waals surface area contributed by atoms with E-state index in [1.807, 2.05) is 0 Å². The monoisotopic (exact) mass is 203 g/mol. The number of aromatic hydroxyl groups is 1. The molecule has 0 unspecified atom stereocenters. The molecule has 3 N–H and O–H groups in total. The fourth-order valence-electron chi connectivity index (χ4n) is 1.06. The summed E-state index contributed by atoms with van der Waals surface area (Å²) in [4.78, 5) is 7.73. The maximum atomic E-state index is 9.20. The number of nitrogens with zero attached hydrogens (tertiary/aromatic N) is 2. The number of hydrogen-bond donors (Lipinski definition) is 2. The number of anilines is 1. The molecule has 0 aliphatic rings. The average molecular weight is 203 g/mol. The zero-order valence-electron chi connectivity index (χ0n) is 7.79. The molecule has 0 aliphatic heterocycles. The van der Waals surface area contributed by atoms with Crippen molar-refractivity contribution in [1.82, 2.24) is 9.97 Å². The maximum Gasteiger partial charge on any atom is 0.323 e. The first-order valence-corrected chi connectivity index (χ1v) is 4.29. The van der Waals surface area contributed by atoms with Gasteiger partial charge < -0.3 is 15.6 Å². The molecule has 0 atom stereocenters. The Balaban J connectivity index is 2.22. The van der Waals surface area contributed by atoms with Crippen molar-refractivity contribution in [1.29, 1.82) is 0 Å². The molecule has 0 spiro atoms. The normalized spacial score (nSPS) is 9.87. The largest absolute Gasteiger partial charge is 0.508 e. The lowest BCUT2D eigenvalue weighted by atomic mass is 10.3. The number of rotatable bonds is 2. The van der Waals surface area contributed by atoms with Crippen molar-refractivity contribution < 1.29 is 9.84 Å². The van der Waals surface area contributed by atoms with E-state index in [1.54, 1.807) is 24.3 Å². The Morgan fingerprint density at radius 1 is 1.27 bits per heavy atom. The van der Waals surface area contributed by atoms with Crippen molar-refractivity contribution in [2.24, 2.45) is 0 Å². The summed E-state index contributed by atoms with van der Waals surface area (Å²) in [7, 11) is 0. The summed E-state index contributed by atoms with van der Waals surface area (Å²) < 4.78 is 5.28. The summed E-state index contributed by atoms with van der Waals surface area (Å²) >= 11 is 0. The summed E-state index contributed by atoms with van der Waals surface area (Å²) in [6.45, 7) is 0. The summed E-state index contributed by atoms with van der Waals surface area (Å²) in [5.41, 5.74) is 5.46. The molecule has 76 valence electrons. The SMILES string of the molecule is Nc1ccnc(Oc2cccc(O)c2)n1. The van der Waals surface area contributed by atoms with Crippen LogP contribution >= 0.6 is 0 Å². The van der Waals surface area contributed by atoms with Crippen LogP contribution in [0.1, 0.15) is 0 Å². The van der Waals surface area contributed by atoms with Crippen molar-refractivity contribution in [3.05, 3.63) is 36.5 Å². The van der Waals surface area contributed by atoms with Gasteiger partial charge in [-0.1, -0.05) is 6.07 Å². The Morgan fingerprint density at radius 2 is 2.13 bits per heavy atom. The molecule has 1 aromatic heterocycles. The molecule has 1 heterocycles. The number of ether oxygens (including phenoxy) is 1. The predicted octanol–water partition coefficient (Wildman–Crippen LogP) is 1.56. The Labute approximate surface area is 86.2 Å². The lowest BCUT2D eigenvalue weighted by Crippen LogP contribution is -1.95. The van der Waals surface area contributed by atoms with E-state index in [1.165, 1.54) is 12.3 Å². The van der Waals surface area contributed by atoms with Crippen molar-refractivity contribution in [2.45, 2.75) is 0 Å². The van der Waals surface area contributed by atoms with Crippen LogP contribution in [0.15, 0.2) is 36.5 Å². The van der Waals surface area contributed by atoms with Crippen LogP contribution in [-0.4, -0.2) is 15.1 Å². The fraction of sp³-hybridized carbons (Fsp3) is 0. The van der Waals surface area contributed by atoms with Crippen molar-refractivity contribution >= 4 is 5.82 Å². The van der Waals surface area contributed by atoms with Gasteiger partial charge in [0, 0.05) is 12.3 Å². The first-order valence-electron chi connectivity index (χ1n) is 4.29. The highest BCUT2D eigenvalue weighted by Crippen LogP contribution is 2.21.